The zero-order valence-corrected chi connectivity index (χ0v) is 13.9. The Kier molecular flexibility index (Phi) is 4.17. The minimum absolute atomic E-state index is 0.131. The molecule has 1 aliphatic heterocycles. The van der Waals surface area contributed by atoms with Gasteiger partial charge in [-0.15, -0.1) is 5.10 Å². The Labute approximate surface area is 153 Å². The summed E-state index contributed by atoms with van der Waals surface area (Å²) in [6, 6.07) is 14.5. The topological polar surface area (TPSA) is 127 Å². The molecule has 1 atom stereocenters. The van der Waals surface area contributed by atoms with E-state index in [1.807, 2.05) is 30.3 Å². The molecule has 0 radical (unpaired) electrons. The van der Waals surface area contributed by atoms with Crippen LogP contribution in [-0.4, -0.2) is 49.3 Å². The Bertz CT molecular complexity index is 982. The number of aromatic nitrogens is 4. The summed E-state index contributed by atoms with van der Waals surface area (Å²) in [6.45, 7) is 0. The summed E-state index contributed by atoms with van der Waals surface area (Å²) < 4.78 is 0. The van der Waals surface area contributed by atoms with E-state index >= 15 is 0 Å². The quantitative estimate of drug-likeness (QED) is 0.400. The molecule has 0 saturated heterocycles. The third-order valence-electron chi connectivity index (χ3n) is 4.24. The van der Waals surface area contributed by atoms with Crippen LogP contribution in [0.1, 0.15) is 26.3 Å². The maximum absolute atomic E-state index is 12.8. The molecular weight excluding hydrogens is 348 g/mol. The van der Waals surface area contributed by atoms with Crippen LogP contribution in [0.5, 0.6) is 0 Å². The van der Waals surface area contributed by atoms with E-state index in [0.29, 0.717) is 0 Å². The normalized spacial score (nSPS) is 15.1. The average Bonchev–Trinajstić information content (AvgIpc) is 3.28. The van der Waals surface area contributed by atoms with Crippen LogP contribution in [0.15, 0.2) is 59.6 Å². The van der Waals surface area contributed by atoms with Crippen molar-refractivity contribution in [2.75, 3.05) is 0 Å². The lowest BCUT2D eigenvalue weighted by Crippen LogP contribution is -2.50. The Hall–Kier alpha value is -3.88. The van der Waals surface area contributed by atoms with E-state index in [2.05, 4.69) is 25.6 Å². The summed E-state index contributed by atoms with van der Waals surface area (Å²) in [5.74, 6) is -1.90. The summed E-state index contributed by atoms with van der Waals surface area (Å²) >= 11 is 0. The highest BCUT2D eigenvalue weighted by atomic mass is 16.3. The maximum atomic E-state index is 12.8. The number of hydrogen-bond acceptors (Lipinski definition) is 7. The van der Waals surface area contributed by atoms with E-state index < -0.39 is 23.8 Å². The molecule has 2 aromatic carbocycles. The lowest BCUT2D eigenvalue weighted by atomic mass is 10.0. The zero-order valence-electron chi connectivity index (χ0n) is 13.9. The van der Waals surface area contributed by atoms with Gasteiger partial charge >= 0.3 is 0 Å². The van der Waals surface area contributed by atoms with Crippen LogP contribution < -0.4 is 5.11 Å². The number of tetrazole rings is 1. The van der Waals surface area contributed by atoms with Crippen molar-refractivity contribution in [3.63, 3.8) is 0 Å². The van der Waals surface area contributed by atoms with Crippen molar-refractivity contribution in [2.24, 2.45) is 4.99 Å². The molecule has 3 aromatic rings. The molecule has 0 unspecified atom stereocenters. The summed E-state index contributed by atoms with van der Waals surface area (Å²) in [7, 11) is 0. The highest BCUT2D eigenvalue weighted by Gasteiger charge is 2.40. The van der Waals surface area contributed by atoms with Crippen LogP contribution in [0, 0.1) is 0 Å². The average molecular weight is 361 g/mol. The lowest BCUT2D eigenvalue weighted by molar-refractivity contribution is -0.223. The van der Waals surface area contributed by atoms with E-state index in [9.17, 15) is 14.7 Å². The highest BCUT2D eigenvalue weighted by molar-refractivity contribution is 6.22. The molecule has 1 N–H and O–H groups in total. The number of nitrogens with zero attached hydrogens (tertiary/aromatic N) is 5. The number of benzene rings is 2. The molecule has 9 nitrogen and oxygen atoms in total. The molecule has 1 aromatic heterocycles. The number of rotatable bonds is 5. The van der Waals surface area contributed by atoms with Gasteiger partial charge in [-0.1, -0.05) is 47.6 Å². The minimum atomic E-state index is -1.11. The SMILES string of the molecule is O=C1c2ccccc2C(=O)N1[C@H](Cc1ccccc1)C([O-])=Nc1nn[nH]n1. The van der Waals surface area contributed by atoms with Crippen molar-refractivity contribution < 1.29 is 14.7 Å². The molecule has 2 heterocycles. The van der Waals surface area contributed by atoms with Gasteiger partial charge in [-0.2, -0.15) is 5.21 Å². The van der Waals surface area contributed by atoms with E-state index in [1.54, 1.807) is 24.3 Å². The van der Waals surface area contributed by atoms with Crippen LogP contribution >= 0.6 is 0 Å². The van der Waals surface area contributed by atoms with Gasteiger partial charge in [-0.05, 0) is 35.2 Å². The van der Waals surface area contributed by atoms with Gasteiger partial charge in [0.15, 0.2) is 0 Å². The highest BCUT2D eigenvalue weighted by Crippen LogP contribution is 2.26. The smallest absolute Gasteiger partial charge is 0.288 e. The number of amides is 2. The number of aromatic amines is 1. The van der Waals surface area contributed by atoms with Crippen LogP contribution in [0.3, 0.4) is 0 Å². The number of imide groups is 1. The molecule has 4 rings (SSSR count). The van der Waals surface area contributed by atoms with Gasteiger partial charge in [0.1, 0.15) is 0 Å². The van der Waals surface area contributed by atoms with Crippen molar-refractivity contribution in [1.29, 1.82) is 0 Å². The van der Waals surface area contributed by atoms with Crippen molar-refractivity contribution in [3.8, 4) is 0 Å². The van der Waals surface area contributed by atoms with Gasteiger partial charge < -0.3 is 5.11 Å². The molecule has 0 bridgehead atoms. The first-order valence-corrected chi connectivity index (χ1v) is 8.15. The van der Waals surface area contributed by atoms with E-state index in [1.165, 1.54) is 0 Å². The van der Waals surface area contributed by atoms with E-state index in [4.69, 9.17) is 0 Å². The van der Waals surface area contributed by atoms with Crippen molar-refractivity contribution in [2.45, 2.75) is 12.5 Å². The molecule has 9 heteroatoms. The molecule has 0 spiro atoms. The molecule has 0 aliphatic carbocycles. The predicted molar refractivity (Wildman–Crippen MR) is 92.1 cm³/mol. The zero-order chi connectivity index (χ0) is 18.8. The molecular formula is C18H13N6O3-. The van der Waals surface area contributed by atoms with Gasteiger partial charge in [-0.25, -0.2) is 4.99 Å². The standard InChI is InChI=1S/C18H14N6O3/c25-15(19-18-20-22-23-21-18)14(10-11-6-2-1-3-7-11)24-16(26)12-8-4-5-9-13(12)17(24)27/h1-9,14H,10H2,(H2,19,20,21,22,23,25)/p-1/t14-/m1/s1. The van der Waals surface area contributed by atoms with Crippen molar-refractivity contribution >= 4 is 23.7 Å². The van der Waals surface area contributed by atoms with Crippen LogP contribution in [-0.2, 0) is 6.42 Å². The second-order valence-corrected chi connectivity index (χ2v) is 5.89. The number of nitrogens with one attached hydrogen (secondary N) is 1. The fraction of sp³-hybridized carbons (Fsp3) is 0.111. The lowest BCUT2D eigenvalue weighted by Gasteiger charge is -2.30. The van der Waals surface area contributed by atoms with Crippen molar-refractivity contribution in [3.05, 3.63) is 71.3 Å². The first kappa shape index (κ1) is 16.6. The summed E-state index contributed by atoms with van der Waals surface area (Å²) in [4.78, 5) is 30.4. The second kappa shape index (κ2) is 6.79. The minimum Gasteiger partial charge on any atom is -0.860 e. The number of fused-ring (bicyclic) bond motifs is 1. The number of aliphatic imine (C=N–C) groups is 1. The summed E-state index contributed by atoms with van der Waals surface area (Å²) in [5.41, 5.74) is 1.33. The third kappa shape index (κ3) is 3.06. The number of carbonyl (C=O) groups excluding carboxylic acids is 2. The van der Waals surface area contributed by atoms with Gasteiger partial charge in [0.05, 0.1) is 17.2 Å². The fourth-order valence-corrected chi connectivity index (χ4v) is 2.99. The van der Waals surface area contributed by atoms with Gasteiger partial charge in [0.2, 0.25) is 0 Å². The third-order valence-corrected chi connectivity index (χ3v) is 4.24. The Morgan fingerprint density at radius 2 is 1.67 bits per heavy atom. The molecule has 2 amide bonds. The number of H-pyrrole nitrogens is 1. The number of hydrogen-bond donors (Lipinski definition) is 1. The maximum Gasteiger partial charge on any atom is 0.288 e. The van der Waals surface area contributed by atoms with Gasteiger partial charge in [0.25, 0.3) is 17.8 Å². The first-order valence-electron chi connectivity index (χ1n) is 8.15. The van der Waals surface area contributed by atoms with Crippen LogP contribution in [0.25, 0.3) is 0 Å². The Morgan fingerprint density at radius 3 is 2.26 bits per heavy atom. The number of carbonyl (C=O) groups is 2. The van der Waals surface area contributed by atoms with Crippen molar-refractivity contribution in [1.82, 2.24) is 25.5 Å². The molecule has 134 valence electrons. The van der Waals surface area contributed by atoms with E-state index in [-0.39, 0.29) is 23.5 Å². The molecule has 0 fully saturated rings. The largest absolute Gasteiger partial charge is 0.860 e. The molecule has 27 heavy (non-hydrogen) atoms. The fourth-order valence-electron chi connectivity index (χ4n) is 2.99. The van der Waals surface area contributed by atoms with Crippen LogP contribution in [0.2, 0.25) is 0 Å². The summed E-state index contributed by atoms with van der Waals surface area (Å²) in [5, 5.41) is 25.6. The predicted octanol–water partition coefficient (Wildman–Crippen LogP) is 0.497. The summed E-state index contributed by atoms with van der Waals surface area (Å²) in [6.07, 6.45) is 0.131. The molecule has 0 saturated carbocycles. The van der Waals surface area contributed by atoms with E-state index in [0.717, 1.165) is 10.5 Å². The monoisotopic (exact) mass is 361 g/mol. The second-order valence-electron chi connectivity index (χ2n) is 5.89. The Morgan fingerprint density at radius 1 is 1.04 bits per heavy atom. The van der Waals surface area contributed by atoms with Gasteiger partial charge in [-0.3, -0.25) is 14.5 Å². The Balaban J connectivity index is 1.74. The van der Waals surface area contributed by atoms with Gasteiger partial charge in [0, 0.05) is 0 Å². The molecule has 1 aliphatic rings. The first-order chi connectivity index (χ1) is 13.1. The van der Waals surface area contributed by atoms with Crippen LogP contribution in [0.4, 0.5) is 5.95 Å².